The van der Waals surface area contributed by atoms with Gasteiger partial charge in [-0.05, 0) is 49.9 Å². The molecule has 3 aliphatic rings. The average Bonchev–Trinajstić information content (AvgIpc) is 3.40. The van der Waals surface area contributed by atoms with Gasteiger partial charge >= 0.3 is 0 Å². The number of nitrogens with one attached hydrogen (secondary N) is 2. The van der Waals surface area contributed by atoms with E-state index in [0.29, 0.717) is 25.6 Å². The van der Waals surface area contributed by atoms with Crippen LogP contribution in [0.15, 0.2) is 17.1 Å². The highest BCUT2D eigenvalue weighted by Gasteiger charge is 2.58. The molecule has 1 saturated carbocycles. The van der Waals surface area contributed by atoms with Crippen molar-refractivity contribution in [3.05, 3.63) is 12.2 Å². The molecule has 3 N–H and O–H groups in total. The molecule has 2 bridgehead atoms. The highest BCUT2D eigenvalue weighted by atomic mass is 16.3. The van der Waals surface area contributed by atoms with Crippen molar-refractivity contribution >= 4 is 17.8 Å². The molecule has 0 spiro atoms. The van der Waals surface area contributed by atoms with E-state index in [1.807, 2.05) is 6.92 Å². The lowest BCUT2D eigenvalue weighted by Crippen LogP contribution is -2.44. The highest BCUT2D eigenvalue weighted by molar-refractivity contribution is 6.06. The van der Waals surface area contributed by atoms with Gasteiger partial charge in [0, 0.05) is 32.8 Å². The van der Waals surface area contributed by atoms with Gasteiger partial charge in [-0.2, -0.15) is 0 Å². The first-order valence-corrected chi connectivity index (χ1v) is 11.2. The Balaban J connectivity index is 1.56. The fourth-order valence-corrected chi connectivity index (χ4v) is 5.20. The van der Waals surface area contributed by atoms with Crippen molar-refractivity contribution in [1.82, 2.24) is 15.5 Å². The van der Waals surface area contributed by atoms with Crippen molar-refractivity contribution in [2.24, 2.45) is 34.1 Å². The third kappa shape index (κ3) is 4.20. The van der Waals surface area contributed by atoms with Gasteiger partial charge in [0.05, 0.1) is 11.8 Å². The molecule has 29 heavy (non-hydrogen) atoms. The molecule has 162 valence electrons. The molecule has 4 atom stereocenters. The van der Waals surface area contributed by atoms with E-state index in [4.69, 9.17) is 4.99 Å². The number of hydrogen-bond acceptors (Lipinski definition) is 4. The maximum absolute atomic E-state index is 12.8. The zero-order valence-electron chi connectivity index (χ0n) is 18.0. The third-order valence-corrected chi connectivity index (χ3v) is 7.25. The predicted molar refractivity (Wildman–Crippen MR) is 113 cm³/mol. The van der Waals surface area contributed by atoms with E-state index in [1.54, 1.807) is 0 Å². The van der Waals surface area contributed by atoms with Crippen LogP contribution in [0.1, 0.15) is 46.5 Å². The van der Waals surface area contributed by atoms with Gasteiger partial charge in [0.2, 0.25) is 11.8 Å². The summed E-state index contributed by atoms with van der Waals surface area (Å²) in [5.41, 5.74) is 0.00169. The van der Waals surface area contributed by atoms with Gasteiger partial charge in [0.15, 0.2) is 5.96 Å². The van der Waals surface area contributed by atoms with Crippen molar-refractivity contribution in [1.29, 1.82) is 0 Å². The Morgan fingerprint density at radius 1 is 1.14 bits per heavy atom. The Labute approximate surface area is 174 Å². The van der Waals surface area contributed by atoms with Crippen LogP contribution in [0, 0.1) is 29.1 Å². The summed E-state index contributed by atoms with van der Waals surface area (Å²) in [5, 5.41) is 15.9. The fourth-order valence-electron chi connectivity index (χ4n) is 5.20. The number of aliphatic imine (C=N–C) groups is 1. The number of rotatable bonds is 10. The van der Waals surface area contributed by atoms with Crippen LogP contribution in [0.4, 0.5) is 0 Å². The molecule has 0 aromatic rings. The monoisotopic (exact) mass is 404 g/mol. The lowest BCUT2D eigenvalue weighted by Gasteiger charge is -2.29. The first kappa shape index (κ1) is 21.8. The standard InChI is InChI=1S/C22H36N4O3/c1-4-22(5-2,9-12-27)14-25-21(23-6-3)24-10-11-26-19(28)17-15-7-8-16(13-15)18(17)20(26)29/h7-8,15-18,27H,4-6,9-14H2,1-3H3,(H2,23,24,25). The largest absolute Gasteiger partial charge is 0.396 e. The Bertz CT molecular complexity index is 641. The van der Waals surface area contributed by atoms with Crippen LogP contribution >= 0.6 is 0 Å². The average molecular weight is 405 g/mol. The van der Waals surface area contributed by atoms with Gasteiger partial charge in [-0.1, -0.05) is 26.0 Å². The maximum Gasteiger partial charge on any atom is 0.233 e. The first-order chi connectivity index (χ1) is 14.0. The SMILES string of the molecule is CCNC(=NCC(CC)(CC)CCO)NCCN1C(=O)C2C3C=CC(C3)C2C1=O. The van der Waals surface area contributed by atoms with Gasteiger partial charge < -0.3 is 15.7 Å². The Kier molecular flexibility index (Phi) is 6.98. The normalized spacial score (nSPS) is 28.4. The molecule has 2 amide bonds. The molecule has 1 saturated heterocycles. The van der Waals surface area contributed by atoms with Crippen molar-refractivity contribution in [3.8, 4) is 0 Å². The second-order valence-electron chi connectivity index (χ2n) is 8.63. The van der Waals surface area contributed by atoms with Crippen LogP contribution in [0.2, 0.25) is 0 Å². The van der Waals surface area contributed by atoms with Crippen LogP contribution in [-0.4, -0.2) is 60.6 Å². The molecule has 0 aromatic heterocycles. The quantitative estimate of drug-likeness (QED) is 0.222. The zero-order chi connectivity index (χ0) is 21.0. The number of aliphatic hydroxyl groups excluding tert-OH is 1. The summed E-state index contributed by atoms with van der Waals surface area (Å²) in [5.74, 6) is 0.930. The van der Waals surface area contributed by atoms with Gasteiger partial charge in [-0.15, -0.1) is 0 Å². The summed E-state index contributed by atoms with van der Waals surface area (Å²) in [4.78, 5) is 31.7. The molecule has 7 nitrogen and oxygen atoms in total. The zero-order valence-corrected chi connectivity index (χ0v) is 18.0. The van der Waals surface area contributed by atoms with Crippen LogP contribution < -0.4 is 10.6 Å². The lowest BCUT2D eigenvalue weighted by molar-refractivity contribution is -0.140. The summed E-state index contributed by atoms with van der Waals surface area (Å²) in [6.45, 7) is 8.68. The van der Waals surface area contributed by atoms with Crippen LogP contribution in [0.5, 0.6) is 0 Å². The Morgan fingerprint density at radius 3 is 2.28 bits per heavy atom. The highest BCUT2D eigenvalue weighted by Crippen LogP contribution is 2.52. The number of allylic oxidation sites excluding steroid dienone is 2. The molecular formula is C22H36N4O3. The second-order valence-corrected chi connectivity index (χ2v) is 8.63. The van der Waals surface area contributed by atoms with E-state index in [2.05, 4.69) is 36.6 Å². The number of imide groups is 1. The molecule has 1 aliphatic heterocycles. The molecule has 4 unspecified atom stereocenters. The Morgan fingerprint density at radius 2 is 1.76 bits per heavy atom. The number of aliphatic hydroxyl groups is 1. The third-order valence-electron chi connectivity index (χ3n) is 7.25. The van der Waals surface area contributed by atoms with Crippen LogP contribution in [0.25, 0.3) is 0 Å². The number of nitrogens with zero attached hydrogens (tertiary/aromatic N) is 2. The number of carbonyl (C=O) groups excluding carboxylic acids is 2. The van der Waals surface area contributed by atoms with Crippen molar-refractivity contribution in [2.45, 2.75) is 46.5 Å². The molecule has 0 aromatic carbocycles. The molecule has 2 aliphatic carbocycles. The maximum atomic E-state index is 12.8. The van der Waals surface area contributed by atoms with E-state index in [-0.39, 0.29) is 47.5 Å². The van der Waals surface area contributed by atoms with Crippen molar-refractivity contribution in [3.63, 3.8) is 0 Å². The Hall–Kier alpha value is -1.89. The summed E-state index contributed by atoms with van der Waals surface area (Å²) in [6.07, 6.45) is 7.86. The smallest absolute Gasteiger partial charge is 0.233 e. The minimum Gasteiger partial charge on any atom is -0.396 e. The number of carbonyl (C=O) groups is 2. The molecule has 1 heterocycles. The second kappa shape index (κ2) is 9.28. The number of likely N-dealkylation sites (tertiary alicyclic amines) is 1. The molecule has 3 rings (SSSR count). The summed E-state index contributed by atoms with van der Waals surface area (Å²) < 4.78 is 0. The topological polar surface area (TPSA) is 94.0 Å². The first-order valence-electron chi connectivity index (χ1n) is 11.2. The predicted octanol–water partition coefficient (Wildman–Crippen LogP) is 1.54. The minimum atomic E-state index is -0.132. The summed E-state index contributed by atoms with van der Waals surface area (Å²) in [6, 6.07) is 0. The number of amides is 2. The van der Waals surface area contributed by atoms with Gasteiger partial charge in [0.1, 0.15) is 0 Å². The minimum absolute atomic E-state index is 0.000446. The van der Waals surface area contributed by atoms with Crippen molar-refractivity contribution in [2.75, 3.05) is 32.8 Å². The molecule has 7 heteroatoms. The molecular weight excluding hydrogens is 368 g/mol. The van der Waals surface area contributed by atoms with Crippen molar-refractivity contribution < 1.29 is 14.7 Å². The number of fused-ring (bicyclic) bond motifs is 5. The van der Waals surface area contributed by atoms with E-state index in [0.717, 1.165) is 32.2 Å². The number of hydrogen-bond donors (Lipinski definition) is 3. The molecule has 0 radical (unpaired) electrons. The van der Waals surface area contributed by atoms with E-state index in [9.17, 15) is 14.7 Å². The molecule has 2 fully saturated rings. The van der Waals surface area contributed by atoms with Gasteiger partial charge in [-0.3, -0.25) is 19.5 Å². The lowest BCUT2D eigenvalue weighted by atomic mass is 9.79. The van der Waals surface area contributed by atoms with Gasteiger partial charge in [-0.25, -0.2) is 0 Å². The summed E-state index contributed by atoms with van der Waals surface area (Å²) in [7, 11) is 0. The van der Waals surface area contributed by atoms with E-state index >= 15 is 0 Å². The van der Waals surface area contributed by atoms with E-state index in [1.165, 1.54) is 4.90 Å². The van der Waals surface area contributed by atoms with E-state index < -0.39 is 0 Å². The van der Waals surface area contributed by atoms with Crippen LogP contribution in [0.3, 0.4) is 0 Å². The van der Waals surface area contributed by atoms with Gasteiger partial charge in [0.25, 0.3) is 0 Å². The fraction of sp³-hybridized carbons (Fsp3) is 0.773. The van der Waals surface area contributed by atoms with Crippen LogP contribution in [-0.2, 0) is 9.59 Å². The summed E-state index contributed by atoms with van der Waals surface area (Å²) >= 11 is 0. The number of guanidine groups is 1.